The van der Waals surface area contributed by atoms with E-state index < -0.39 is 0 Å². The maximum atomic E-state index is 14.1. The fraction of sp³-hybridized carbons (Fsp3) is 0.400. The summed E-state index contributed by atoms with van der Waals surface area (Å²) in [4.78, 5) is 4.27. The maximum absolute atomic E-state index is 14.1. The minimum atomic E-state index is -0.324. The predicted octanol–water partition coefficient (Wildman–Crippen LogP) is 3.56. The van der Waals surface area contributed by atoms with E-state index in [0.717, 1.165) is 18.4 Å². The number of nitrogen functional groups attached to an aromatic ring is 1. The van der Waals surface area contributed by atoms with E-state index in [4.69, 9.17) is 5.73 Å². The van der Waals surface area contributed by atoms with Crippen LogP contribution in [0.15, 0.2) is 24.4 Å². The number of hydrogen-bond acceptors (Lipinski definition) is 3. The first-order valence-electron chi connectivity index (χ1n) is 6.72. The third-order valence-electron chi connectivity index (χ3n) is 4.22. The Kier molecular flexibility index (Phi) is 2.81. The molecule has 19 heavy (non-hydrogen) atoms. The van der Waals surface area contributed by atoms with Crippen LogP contribution in [0.5, 0.6) is 0 Å². The standard InChI is InChI=1S/C15H18FN3/c1-2-15(5-6-15)9-19-14-11(16)8-12(17)10-4-3-7-18-13(10)14/h3-4,7-8,19H,2,5-6,9,17H2,1H3. The van der Waals surface area contributed by atoms with Crippen molar-refractivity contribution in [3.63, 3.8) is 0 Å². The van der Waals surface area contributed by atoms with E-state index in [2.05, 4.69) is 17.2 Å². The molecule has 0 aliphatic heterocycles. The molecule has 4 heteroatoms. The molecule has 2 aromatic rings. The van der Waals surface area contributed by atoms with Crippen LogP contribution in [0.4, 0.5) is 15.8 Å². The Labute approximate surface area is 112 Å². The lowest BCUT2D eigenvalue weighted by molar-refractivity contribution is 0.519. The van der Waals surface area contributed by atoms with Gasteiger partial charge in [-0.1, -0.05) is 6.92 Å². The molecule has 0 unspecified atom stereocenters. The van der Waals surface area contributed by atoms with Crippen LogP contribution in [0.25, 0.3) is 10.9 Å². The lowest BCUT2D eigenvalue weighted by atomic mass is 10.0. The van der Waals surface area contributed by atoms with Gasteiger partial charge in [0.25, 0.3) is 0 Å². The number of nitrogens with one attached hydrogen (secondary N) is 1. The Balaban J connectivity index is 1.98. The SMILES string of the molecule is CCC1(CNc2c(F)cc(N)c3cccnc23)CC1. The van der Waals surface area contributed by atoms with Gasteiger partial charge in [-0.2, -0.15) is 0 Å². The number of halogens is 1. The van der Waals surface area contributed by atoms with Crippen molar-refractivity contribution < 1.29 is 4.39 Å². The van der Waals surface area contributed by atoms with Gasteiger partial charge in [0, 0.05) is 23.8 Å². The topological polar surface area (TPSA) is 50.9 Å². The summed E-state index contributed by atoms with van der Waals surface area (Å²) in [5, 5.41) is 4.04. The van der Waals surface area contributed by atoms with Crippen LogP contribution in [-0.2, 0) is 0 Å². The average Bonchev–Trinajstić information content (AvgIpc) is 3.19. The number of nitrogens with zero attached hydrogens (tertiary/aromatic N) is 1. The van der Waals surface area contributed by atoms with Crippen LogP contribution in [-0.4, -0.2) is 11.5 Å². The summed E-state index contributed by atoms with van der Waals surface area (Å²) in [5.41, 5.74) is 7.72. The molecule has 0 amide bonds. The zero-order chi connectivity index (χ0) is 13.5. The number of anilines is 2. The summed E-state index contributed by atoms with van der Waals surface area (Å²) in [7, 11) is 0. The van der Waals surface area contributed by atoms with Crippen molar-refractivity contribution in [2.24, 2.45) is 5.41 Å². The molecule has 1 saturated carbocycles. The Morgan fingerprint density at radius 3 is 2.95 bits per heavy atom. The quantitative estimate of drug-likeness (QED) is 0.825. The molecule has 0 spiro atoms. The lowest BCUT2D eigenvalue weighted by Gasteiger charge is -2.16. The van der Waals surface area contributed by atoms with E-state index in [1.54, 1.807) is 6.20 Å². The van der Waals surface area contributed by atoms with Gasteiger partial charge in [0.2, 0.25) is 0 Å². The molecule has 1 aliphatic rings. The van der Waals surface area contributed by atoms with Gasteiger partial charge in [0.1, 0.15) is 0 Å². The van der Waals surface area contributed by atoms with Gasteiger partial charge >= 0.3 is 0 Å². The number of pyridine rings is 1. The number of fused-ring (bicyclic) bond motifs is 1. The summed E-state index contributed by atoms with van der Waals surface area (Å²) in [6.07, 6.45) is 5.23. The molecule has 0 saturated heterocycles. The van der Waals surface area contributed by atoms with Crippen molar-refractivity contribution >= 4 is 22.3 Å². The highest BCUT2D eigenvalue weighted by molar-refractivity contribution is 5.98. The average molecular weight is 259 g/mol. The Hall–Kier alpha value is -1.84. The summed E-state index contributed by atoms with van der Waals surface area (Å²) in [6, 6.07) is 5.06. The molecule has 1 heterocycles. The summed E-state index contributed by atoms with van der Waals surface area (Å²) in [6.45, 7) is 2.99. The van der Waals surface area contributed by atoms with Crippen LogP contribution in [0.1, 0.15) is 26.2 Å². The molecule has 100 valence electrons. The molecule has 1 aromatic heterocycles. The fourth-order valence-electron chi connectivity index (χ4n) is 2.51. The van der Waals surface area contributed by atoms with Crippen molar-refractivity contribution in [1.82, 2.24) is 4.98 Å². The molecule has 0 bridgehead atoms. The highest BCUT2D eigenvalue weighted by Gasteiger charge is 2.40. The van der Waals surface area contributed by atoms with Crippen LogP contribution < -0.4 is 11.1 Å². The second-order valence-corrected chi connectivity index (χ2v) is 5.43. The lowest BCUT2D eigenvalue weighted by Crippen LogP contribution is -2.15. The predicted molar refractivity (Wildman–Crippen MR) is 76.6 cm³/mol. The van der Waals surface area contributed by atoms with Crippen molar-refractivity contribution in [2.75, 3.05) is 17.6 Å². The molecular weight excluding hydrogens is 241 g/mol. The first-order chi connectivity index (χ1) is 9.15. The van der Waals surface area contributed by atoms with Gasteiger partial charge in [-0.3, -0.25) is 4.98 Å². The summed E-state index contributed by atoms with van der Waals surface area (Å²) < 4.78 is 14.1. The molecule has 0 radical (unpaired) electrons. The van der Waals surface area contributed by atoms with Gasteiger partial charge in [0.05, 0.1) is 11.2 Å². The smallest absolute Gasteiger partial charge is 0.150 e. The van der Waals surface area contributed by atoms with Crippen LogP contribution in [0.2, 0.25) is 0 Å². The first-order valence-corrected chi connectivity index (χ1v) is 6.72. The largest absolute Gasteiger partial charge is 0.398 e. The van der Waals surface area contributed by atoms with Crippen molar-refractivity contribution in [2.45, 2.75) is 26.2 Å². The number of aromatic nitrogens is 1. The van der Waals surface area contributed by atoms with Gasteiger partial charge in [-0.05, 0) is 42.9 Å². The second-order valence-electron chi connectivity index (χ2n) is 5.43. The molecule has 3 N–H and O–H groups in total. The third-order valence-corrected chi connectivity index (χ3v) is 4.22. The Bertz CT molecular complexity index is 620. The zero-order valence-corrected chi connectivity index (χ0v) is 11.0. The van der Waals surface area contributed by atoms with Crippen molar-refractivity contribution in [1.29, 1.82) is 0 Å². The van der Waals surface area contributed by atoms with E-state index in [1.807, 2.05) is 12.1 Å². The maximum Gasteiger partial charge on any atom is 0.150 e. The number of hydrogen-bond donors (Lipinski definition) is 2. The van der Waals surface area contributed by atoms with Gasteiger partial charge in [-0.15, -0.1) is 0 Å². The summed E-state index contributed by atoms with van der Waals surface area (Å²) >= 11 is 0. The Morgan fingerprint density at radius 1 is 1.47 bits per heavy atom. The first kappa shape index (κ1) is 12.2. The molecule has 1 aromatic carbocycles. The van der Waals surface area contributed by atoms with E-state index in [0.29, 0.717) is 22.3 Å². The molecule has 0 atom stereocenters. The number of nitrogens with two attached hydrogens (primary N) is 1. The van der Waals surface area contributed by atoms with Crippen LogP contribution in [0.3, 0.4) is 0 Å². The van der Waals surface area contributed by atoms with Crippen LogP contribution >= 0.6 is 0 Å². The minimum Gasteiger partial charge on any atom is -0.398 e. The molecule has 3 nitrogen and oxygen atoms in total. The van der Waals surface area contributed by atoms with E-state index in [9.17, 15) is 4.39 Å². The monoisotopic (exact) mass is 259 g/mol. The molecule has 1 fully saturated rings. The highest BCUT2D eigenvalue weighted by atomic mass is 19.1. The second kappa shape index (κ2) is 4.37. The molecule has 1 aliphatic carbocycles. The van der Waals surface area contributed by atoms with E-state index in [-0.39, 0.29) is 5.82 Å². The molecular formula is C15H18FN3. The van der Waals surface area contributed by atoms with Crippen molar-refractivity contribution in [3.8, 4) is 0 Å². The highest BCUT2D eigenvalue weighted by Crippen LogP contribution is 2.48. The minimum absolute atomic E-state index is 0.324. The Morgan fingerprint density at radius 2 is 2.26 bits per heavy atom. The van der Waals surface area contributed by atoms with Gasteiger partial charge in [0.15, 0.2) is 5.82 Å². The number of rotatable bonds is 4. The fourth-order valence-corrected chi connectivity index (χ4v) is 2.51. The summed E-state index contributed by atoms with van der Waals surface area (Å²) in [5.74, 6) is -0.324. The van der Waals surface area contributed by atoms with Crippen LogP contribution in [0, 0.1) is 11.2 Å². The van der Waals surface area contributed by atoms with E-state index >= 15 is 0 Å². The molecule has 3 rings (SSSR count). The van der Waals surface area contributed by atoms with E-state index in [1.165, 1.54) is 18.9 Å². The number of benzene rings is 1. The normalized spacial score (nSPS) is 16.5. The van der Waals surface area contributed by atoms with Gasteiger partial charge < -0.3 is 11.1 Å². The zero-order valence-electron chi connectivity index (χ0n) is 11.0. The van der Waals surface area contributed by atoms with Gasteiger partial charge in [-0.25, -0.2) is 4.39 Å². The third kappa shape index (κ3) is 2.11. The van der Waals surface area contributed by atoms with Crippen molar-refractivity contribution in [3.05, 3.63) is 30.2 Å².